The zero-order valence-corrected chi connectivity index (χ0v) is 10.00. The summed E-state index contributed by atoms with van der Waals surface area (Å²) in [6.07, 6.45) is -4.55. The number of nitrogens with zero attached hydrogens (tertiary/aromatic N) is 2. The average Bonchev–Trinajstić information content (AvgIpc) is 2.25. The molecule has 0 aliphatic carbocycles. The van der Waals surface area contributed by atoms with Crippen LogP contribution < -0.4 is 0 Å². The molecule has 0 atom stereocenters. The largest absolute Gasteiger partial charge is 0.433 e. The van der Waals surface area contributed by atoms with Crippen LogP contribution in [0.3, 0.4) is 0 Å². The van der Waals surface area contributed by atoms with Gasteiger partial charge < -0.3 is 0 Å². The molecule has 0 aromatic carbocycles. The predicted octanol–water partition coefficient (Wildman–Crippen LogP) is 1.10. The summed E-state index contributed by atoms with van der Waals surface area (Å²) in [7, 11) is 2.61. The molecule has 17 heavy (non-hydrogen) atoms. The first-order chi connectivity index (χ1) is 7.77. The van der Waals surface area contributed by atoms with Crippen LogP contribution in [0.15, 0.2) is 17.2 Å². The van der Waals surface area contributed by atoms with Crippen molar-refractivity contribution in [3.8, 4) is 0 Å². The Kier molecular flexibility index (Phi) is 3.99. The van der Waals surface area contributed by atoms with E-state index in [1.54, 1.807) is 0 Å². The van der Waals surface area contributed by atoms with Gasteiger partial charge in [-0.2, -0.15) is 18.2 Å². The number of aromatic nitrogens is 1. The lowest BCUT2D eigenvalue weighted by molar-refractivity contribution is -0.141. The van der Waals surface area contributed by atoms with Gasteiger partial charge in [0.2, 0.25) is 0 Å². The van der Waals surface area contributed by atoms with Gasteiger partial charge in [-0.3, -0.25) is 9.63 Å². The molecule has 0 fully saturated rings. The van der Waals surface area contributed by atoms with E-state index in [9.17, 15) is 18.0 Å². The molecule has 0 saturated carbocycles. The van der Waals surface area contributed by atoms with Crippen molar-refractivity contribution >= 4 is 18.5 Å². The van der Waals surface area contributed by atoms with Crippen molar-refractivity contribution in [3.63, 3.8) is 0 Å². The van der Waals surface area contributed by atoms with Gasteiger partial charge in [0, 0.05) is 19.7 Å². The van der Waals surface area contributed by atoms with Gasteiger partial charge in [0.1, 0.15) is 11.3 Å². The monoisotopic (exact) mass is 267 g/mol. The number of hydroxylamine groups is 2. The van der Waals surface area contributed by atoms with Gasteiger partial charge in [-0.1, -0.05) is 0 Å². The van der Waals surface area contributed by atoms with Crippen LogP contribution in [0.1, 0.15) is 16.1 Å². The third-order valence-corrected chi connectivity index (χ3v) is 2.36. The molecule has 94 valence electrons. The smallest absolute Gasteiger partial charge is 0.274 e. The standard InChI is InChI=1S/C9H9F3N2O2S/c1-14(16-2)8(15)5-3-4-6(9(10,11)12)13-7(5)17/h3-4H,1-2H3,(H,13,17)/p+1. The van der Waals surface area contributed by atoms with E-state index in [4.69, 9.17) is 0 Å². The lowest BCUT2D eigenvalue weighted by Crippen LogP contribution is -2.26. The zero-order chi connectivity index (χ0) is 13.2. The van der Waals surface area contributed by atoms with Gasteiger partial charge in [-0.25, -0.2) is 5.06 Å². The van der Waals surface area contributed by atoms with E-state index in [0.717, 1.165) is 17.2 Å². The summed E-state index contributed by atoms with van der Waals surface area (Å²) in [5.41, 5.74) is -1.09. The van der Waals surface area contributed by atoms with Crippen molar-refractivity contribution < 1.29 is 22.8 Å². The fourth-order valence-corrected chi connectivity index (χ4v) is 1.35. The van der Waals surface area contributed by atoms with E-state index in [2.05, 4.69) is 22.5 Å². The Morgan fingerprint density at radius 1 is 1.47 bits per heavy atom. The van der Waals surface area contributed by atoms with Crippen molar-refractivity contribution in [2.75, 3.05) is 14.2 Å². The van der Waals surface area contributed by atoms with Crippen molar-refractivity contribution in [2.24, 2.45) is 0 Å². The van der Waals surface area contributed by atoms with Crippen molar-refractivity contribution in [1.29, 1.82) is 0 Å². The maximum atomic E-state index is 12.3. The molecule has 0 saturated heterocycles. The fourth-order valence-electron chi connectivity index (χ4n) is 1.04. The Hall–Kier alpha value is -1.28. The summed E-state index contributed by atoms with van der Waals surface area (Å²) >= 11 is 2.88. The van der Waals surface area contributed by atoms with Gasteiger partial charge >= 0.3 is 6.18 Å². The Balaban J connectivity index is 3.11. The number of hydrogen-bond donors (Lipinski definition) is 0. The van der Waals surface area contributed by atoms with E-state index in [1.807, 2.05) is 0 Å². The molecule has 0 aliphatic heterocycles. The summed E-state index contributed by atoms with van der Waals surface area (Å²) < 4.78 is 37.0. The van der Waals surface area contributed by atoms with Gasteiger partial charge in [0.25, 0.3) is 10.9 Å². The molecule has 0 spiro atoms. The first-order valence-corrected chi connectivity index (χ1v) is 4.89. The second-order valence-corrected chi connectivity index (χ2v) is 3.55. The normalized spacial score (nSPS) is 11.4. The number of carbonyl (C=O) groups is 1. The highest BCUT2D eigenvalue weighted by Gasteiger charge is 2.34. The van der Waals surface area contributed by atoms with Crippen LogP contribution in [0.5, 0.6) is 0 Å². The van der Waals surface area contributed by atoms with Crippen LogP contribution in [0, 0.1) is 0 Å². The summed E-state index contributed by atoms with van der Waals surface area (Å²) in [5, 5.41) is 0.696. The van der Waals surface area contributed by atoms with E-state index < -0.39 is 17.8 Å². The molecule has 0 N–H and O–H groups in total. The third kappa shape index (κ3) is 3.10. The first-order valence-electron chi connectivity index (χ1n) is 4.39. The second-order valence-electron chi connectivity index (χ2n) is 3.08. The van der Waals surface area contributed by atoms with Crippen LogP contribution in [0.4, 0.5) is 13.2 Å². The lowest BCUT2D eigenvalue weighted by Gasteiger charge is -2.13. The molecular weight excluding hydrogens is 257 g/mol. The highest BCUT2D eigenvalue weighted by Crippen LogP contribution is 2.28. The van der Waals surface area contributed by atoms with Crippen LogP contribution in [0.25, 0.3) is 0 Å². The number of hydrogen-bond acceptors (Lipinski definition) is 3. The molecule has 8 heteroatoms. The van der Waals surface area contributed by atoms with Crippen molar-refractivity contribution in [3.05, 3.63) is 23.4 Å². The maximum Gasteiger partial charge on any atom is 0.433 e. The number of alkyl halides is 3. The number of amides is 1. The van der Waals surface area contributed by atoms with E-state index >= 15 is 0 Å². The summed E-state index contributed by atoms with van der Waals surface area (Å²) in [4.78, 5) is 19.5. The van der Waals surface area contributed by atoms with Crippen molar-refractivity contribution in [1.82, 2.24) is 10.0 Å². The molecule has 0 unspecified atom stereocenters. The van der Waals surface area contributed by atoms with Gasteiger partial charge in [0.15, 0.2) is 0 Å². The number of carbonyl (C=O) groups excluding carboxylic acids is 1. The Bertz CT molecular complexity index is 437. The summed E-state index contributed by atoms with van der Waals surface area (Å²) in [6, 6.07) is 1.77. The van der Waals surface area contributed by atoms with E-state index in [-0.39, 0.29) is 10.6 Å². The summed E-state index contributed by atoms with van der Waals surface area (Å²) in [5.74, 6) is -0.598. The van der Waals surface area contributed by atoms with Crippen LogP contribution in [-0.2, 0) is 23.6 Å². The van der Waals surface area contributed by atoms with E-state index in [0.29, 0.717) is 0 Å². The highest BCUT2D eigenvalue weighted by molar-refractivity contribution is 7.58. The lowest BCUT2D eigenvalue weighted by atomic mass is 10.2. The predicted molar refractivity (Wildman–Crippen MR) is 56.8 cm³/mol. The molecule has 1 aromatic heterocycles. The molecule has 4 nitrogen and oxygen atoms in total. The fraction of sp³-hybridized carbons (Fsp3) is 0.333. The molecule has 1 amide bonds. The SMILES string of the molecule is CON(C)C(=O)c1ccc(C(F)(F)F)nc1[SH2+]. The Morgan fingerprint density at radius 3 is 2.47 bits per heavy atom. The zero-order valence-electron chi connectivity index (χ0n) is 9.00. The molecule has 0 bridgehead atoms. The quantitative estimate of drug-likeness (QED) is 0.595. The number of rotatable bonds is 2. The van der Waals surface area contributed by atoms with E-state index in [1.165, 1.54) is 14.2 Å². The third-order valence-electron chi connectivity index (χ3n) is 1.98. The number of halogens is 3. The van der Waals surface area contributed by atoms with Gasteiger partial charge in [-0.15, -0.1) is 0 Å². The van der Waals surface area contributed by atoms with Gasteiger partial charge in [-0.05, 0) is 12.1 Å². The minimum absolute atomic E-state index is 0.0148. The highest BCUT2D eigenvalue weighted by atomic mass is 32.1. The van der Waals surface area contributed by atoms with Crippen LogP contribution in [0.2, 0.25) is 0 Å². The van der Waals surface area contributed by atoms with Crippen molar-refractivity contribution in [2.45, 2.75) is 11.2 Å². The number of pyridine rings is 1. The Morgan fingerprint density at radius 2 is 2.06 bits per heavy atom. The Labute approximate surface area is 101 Å². The van der Waals surface area contributed by atoms with Gasteiger partial charge in [0.05, 0.1) is 7.11 Å². The topological polar surface area (TPSA) is 42.4 Å². The van der Waals surface area contributed by atoms with Crippen LogP contribution >= 0.6 is 0 Å². The molecule has 1 aromatic rings. The molecule has 0 radical (unpaired) electrons. The summed E-state index contributed by atoms with van der Waals surface area (Å²) in [6.45, 7) is 0. The first kappa shape index (κ1) is 13.8. The minimum Gasteiger partial charge on any atom is -0.274 e. The minimum atomic E-state index is -4.55. The molecular formula is C9H10F3N2O2S+. The average molecular weight is 267 g/mol. The maximum absolute atomic E-state index is 12.3. The van der Waals surface area contributed by atoms with Crippen LogP contribution in [-0.4, -0.2) is 30.1 Å². The molecule has 1 rings (SSSR count). The second kappa shape index (κ2) is 4.92. The molecule has 0 aliphatic rings. The molecule has 1 heterocycles.